The molecule has 1 unspecified atom stereocenters. The van der Waals surface area contributed by atoms with Crippen molar-refractivity contribution in [3.63, 3.8) is 0 Å². The number of hydrogen-bond donors (Lipinski definition) is 2. The Morgan fingerprint density at radius 1 is 1.42 bits per heavy atom. The highest BCUT2D eigenvalue weighted by molar-refractivity contribution is 7.13. The zero-order valence-corrected chi connectivity index (χ0v) is 15.4. The Labute approximate surface area is 146 Å². The Hall–Kier alpha value is -1.77. The summed E-state index contributed by atoms with van der Waals surface area (Å²) in [4.78, 5) is 14.3. The molecule has 2 rings (SSSR count). The normalized spacial score (nSPS) is 13.9. The highest BCUT2D eigenvalue weighted by Crippen LogP contribution is 2.22. The van der Waals surface area contributed by atoms with Gasteiger partial charge in [-0.2, -0.15) is 0 Å². The van der Waals surface area contributed by atoms with E-state index in [0.29, 0.717) is 31.5 Å². The molecule has 2 heterocycles. The number of carbonyl (C=O) groups is 1. The first kappa shape index (κ1) is 18.6. The Morgan fingerprint density at radius 3 is 2.83 bits per heavy atom. The van der Waals surface area contributed by atoms with Crippen LogP contribution in [0.15, 0.2) is 21.9 Å². The number of rotatable bonds is 9. The van der Waals surface area contributed by atoms with E-state index >= 15 is 0 Å². The molecule has 2 atom stereocenters. The lowest BCUT2D eigenvalue weighted by Gasteiger charge is -2.24. The van der Waals surface area contributed by atoms with Crippen LogP contribution in [0.25, 0.3) is 10.8 Å². The SMILES string of the molecule is COCC[NH+](Cc1nnc(-c2cccs2)o1)[C@@H](C)C(=O)NC(C)C. The van der Waals surface area contributed by atoms with E-state index in [1.165, 1.54) is 0 Å². The fourth-order valence-corrected chi connectivity index (χ4v) is 2.95. The second-order valence-electron chi connectivity index (χ2n) is 5.94. The average Bonchev–Trinajstić information content (AvgIpc) is 3.21. The van der Waals surface area contributed by atoms with E-state index in [1.54, 1.807) is 18.4 Å². The molecule has 7 nitrogen and oxygen atoms in total. The Bertz CT molecular complexity index is 627. The third-order valence-corrected chi connectivity index (χ3v) is 4.50. The summed E-state index contributed by atoms with van der Waals surface area (Å²) < 4.78 is 10.9. The second-order valence-corrected chi connectivity index (χ2v) is 6.89. The summed E-state index contributed by atoms with van der Waals surface area (Å²) in [5.74, 6) is 1.05. The molecule has 132 valence electrons. The Morgan fingerprint density at radius 2 is 2.21 bits per heavy atom. The van der Waals surface area contributed by atoms with E-state index in [0.717, 1.165) is 9.78 Å². The quantitative estimate of drug-likeness (QED) is 0.695. The van der Waals surface area contributed by atoms with Gasteiger partial charge in [-0.3, -0.25) is 4.79 Å². The van der Waals surface area contributed by atoms with Gasteiger partial charge in [0.25, 0.3) is 17.7 Å². The lowest BCUT2D eigenvalue weighted by atomic mass is 10.2. The van der Waals surface area contributed by atoms with Crippen LogP contribution in [0.2, 0.25) is 0 Å². The van der Waals surface area contributed by atoms with E-state index < -0.39 is 0 Å². The number of ether oxygens (including phenoxy) is 1. The smallest absolute Gasteiger partial charge is 0.278 e. The van der Waals surface area contributed by atoms with Gasteiger partial charge in [0.2, 0.25) is 0 Å². The van der Waals surface area contributed by atoms with Crippen molar-refractivity contribution in [2.24, 2.45) is 0 Å². The number of carbonyl (C=O) groups excluding carboxylic acids is 1. The largest absolute Gasteiger partial charge is 0.414 e. The highest BCUT2D eigenvalue weighted by Gasteiger charge is 2.27. The van der Waals surface area contributed by atoms with Gasteiger partial charge in [-0.15, -0.1) is 21.5 Å². The van der Waals surface area contributed by atoms with Crippen molar-refractivity contribution in [1.82, 2.24) is 15.5 Å². The molecule has 0 spiro atoms. The number of hydrogen-bond acceptors (Lipinski definition) is 6. The molecule has 8 heteroatoms. The fraction of sp³-hybridized carbons (Fsp3) is 0.562. The summed E-state index contributed by atoms with van der Waals surface area (Å²) >= 11 is 1.55. The zero-order chi connectivity index (χ0) is 17.5. The van der Waals surface area contributed by atoms with Crippen LogP contribution in [-0.2, 0) is 16.1 Å². The number of nitrogens with zero attached hydrogens (tertiary/aromatic N) is 2. The molecular formula is C16H25N4O3S+. The first-order valence-corrected chi connectivity index (χ1v) is 8.89. The van der Waals surface area contributed by atoms with Crippen molar-refractivity contribution in [2.45, 2.75) is 39.4 Å². The minimum absolute atomic E-state index is 0.00842. The predicted molar refractivity (Wildman–Crippen MR) is 91.8 cm³/mol. The van der Waals surface area contributed by atoms with Gasteiger partial charge < -0.3 is 19.4 Å². The molecule has 2 aromatic rings. The van der Waals surface area contributed by atoms with Crippen LogP contribution >= 0.6 is 11.3 Å². The van der Waals surface area contributed by atoms with Crippen molar-refractivity contribution in [1.29, 1.82) is 0 Å². The number of quaternary nitrogens is 1. The van der Waals surface area contributed by atoms with Crippen LogP contribution in [0, 0.1) is 0 Å². The number of thiophene rings is 1. The Balaban J connectivity index is 2.06. The Kier molecular flexibility index (Phi) is 6.89. The third kappa shape index (κ3) is 5.12. The second kappa shape index (κ2) is 8.91. The first-order valence-electron chi connectivity index (χ1n) is 8.01. The molecule has 0 aliphatic rings. The summed E-state index contributed by atoms with van der Waals surface area (Å²) in [5.41, 5.74) is 0. The van der Waals surface area contributed by atoms with Gasteiger partial charge in [-0.05, 0) is 32.2 Å². The van der Waals surface area contributed by atoms with Crippen LogP contribution in [0.5, 0.6) is 0 Å². The van der Waals surface area contributed by atoms with Crippen molar-refractivity contribution < 1.29 is 18.8 Å². The summed E-state index contributed by atoms with van der Waals surface area (Å²) in [7, 11) is 1.65. The molecule has 2 N–H and O–H groups in total. The molecule has 0 fully saturated rings. The van der Waals surface area contributed by atoms with Crippen LogP contribution in [0.3, 0.4) is 0 Å². The van der Waals surface area contributed by atoms with E-state index in [1.807, 2.05) is 38.3 Å². The van der Waals surface area contributed by atoms with Crippen LogP contribution in [-0.4, -0.2) is 48.4 Å². The predicted octanol–water partition coefficient (Wildman–Crippen LogP) is 0.743. The lowest BCUT2D eigenvalue weighted by Crippen LogP contribution is -3.16. The van der Waals surface area contributed by atoms with Crippen molar-refractivity contribution in [3.8, 4) is 10.8 Å². The van der Waals surface area contributed by atoms with Crippen molar-refractivity contribution in [3.05, 3.63) is 23.4 Å². The zero-order valence-electron chi connectivity index (χ0n) is 14.5. The van der Waals surface area contributed by atoms with Crippen molar-refractivity contribution >= 4 is 17.2 Å². The minimum atomic E-state index is -0.236. The monoisotopic (exact) mass is 353 g/mol. The summed E-state index contributed by atoms with van der Waals surface area (Å²) in [6.45, 7) is 7.52. The highest BCUT2D eigenvalue weighted by atomic mass is 32.1. The van der Waals surface area contributed by atoms with Gasteiger partial charge in [0.1, 0.15) is 6.54 Å². The molecule has 0 aromatic carbocycles. The fourth-order valence-electron chi connectivity index (χ4n) is 2.31. The molecular weight excluding hydrogens is 328 g/mol. The van der Waals surface area contributed by atoms with Gasteiger partial charge in [0.05, 0.1) is 11.5 Å². The molecule has 0 saturated carbocycles. The van der Waals surface area contributed by atoms with Crippen LogP contribution in [0.4, 0.5) is 0 Å². The molecule has 2 aromatic heterocycles. The van der Waals surface area contributed by atoms with Gasteiger partial charge in [0, 0.05) is 13.2 Å². The molecule has 0 aliphatic carbocycles. The average molecular weight is 353 g/mol. The number of amides is 1. The van der Waals surface area contributed by atoms with E-state index in [9.17, 15) is 4.79 Å². The molecule has 0 radical (unpaired) electrons. The maximum atomic E-state index is 12.3. The van der Waals surface area contributed by atoms with Gasteiger partial charge >= 0.3 is 0 Å². The van der Waals surface area contributed by atoms with Crippen molar-refractivity contribution in [2.75, 3.05) is 20.3 Å². The minimum Gasteiger partial charge on any atom is -0.414 e. The van der Waals surface area contributed by atoms with Gasteiger partial charge in [-0.1, -0.05) is 6.07 Å². The van der Waals surface area contributed by atoms with E-state index in [2.05, 4.69) is 15.5 Å². The van der Waals surface area contributed by atoms with Gasteiger partial charge in [-0.25, -0.2) is 0 Å². The molecule has 0 saturated heterocycles. The molecule has 24 heavy (non-hydrogen) atoms. The van der Waals surface area contributed by atoms with Gasteiger partial charge in [0.15, 0.2) is 12.6 Å². The maximum Gasteiger partial charge on any atom is 0.278 e. The van der Waals surface area contributed by atoms with E-state index in [-0.39, 0.29) is 18.0 Å². The topological polar surface area (TPSA) is 81.7 Å². The van der Waals surface area contributed by atoms with E-state index in [4.69, 9.17) is 9.15 Å². The molecule has 0 aliphatic heterocycles. The first-order chi connectivity index (χ1) is 11.5. The lowest BCUT2D eigenvalue weighted by molar-refractivity contribution is -0.929. The molecule has 1 amide bonds. The summed E-state index contributed by atoms with van der Waals surface area (Å²) in [6.07, 6.45) is 0. The van der Waals surface area contributed by atoms with Crippen LogP contribution in [0.1, 0.15) is 26.7 Å². The summed E-state index contributed by atoms with van der Waals surface area (Å²) in [6, 6.07) is 3.76. The van der Waals surface area contributed by atoms with Crippen LogP contribution < -0.4 is 10.2 Å². The third-order valence-electron chi connectivity index (χ3n) is 3.64. The number of nitrogens with one attached hydrogen (secondary N) is 2. The number of methoxy groups -OCH3 is 1. The molecule has 0 bridgehead atoms. The number of aromatic nitrogens is 2. The maximum absolute atomic E-state index is 12.3. The standard InChI is InChI=1S/C16H24N4O3S/c1-11(2)17-15(21)12(3)20(7-8-22-4)10-14-18-19-16(23-14)13-6-5-9-24-13/h5-6,9,11-12H,7-8,10H2,1-4H3,(H,17,21)/p+1/t12-/m0/s1. The summed E-state index contributed by atoms with van der Waals surface area (Å²) in [5, 5.41) is 13.1.